The molecule has 0 amide bonds. The van der Waals surface area contributed by atoms with Crippen LogP contribution in [0.25, 0.3) is 0 Å². The zero-order valence-electron chi connectivity index (χ0n) is 10.7. The fraction of sp³-hybridized carbons (Fsp3) is 0.286. The first-order valence-corrected chi connectivity index (χ1v) is 5.70. The molecule has 1 N–H and O–H groups in total. The average molecular weight is 227 g/mol. The van der Waals surface area contributed by atoms with Gasteiger partial charge in [-0.05, 0) is 51.0 Å². The Kier molecular flexibility index (Phi) is 3.09. The molecule has 17 heavy (non-hydrogen) atoms. The van der Waals surface area contributed by atoms with E-state index in [0.29, 0.717) is 0 Å². The van der Waals surface area contributed by atoms with Crippen molar-refractivity contribution in [3.8, 4) is 0 Å². The van der Waals surface area contributed by atoms with E-state index < -0.39 is 0 Å². The van der Waals surface area contributed by atoms with E-state index in [0.717, 1.165) is 22.9 Å². The Bertz CT molecular complexity index is 527. The van der Waals surface area contributed by atoms with Gasteiger partial charge in [-0.2, -0.15) is 0 Å². The molecule has 0 radical (unpaired) electrons. The summed E-state index contributed by atoms with van der Waals surface area (Å²) >= 11 is 0. The molecule has 0 aliphatic carbocycles. The molecule has 1 heterocycles. The van der Waals surface area contributed by atoms with Crippen molar-refractivity contribution >= 4 is 11.5 Å². The van der Waals surface area contributed by atoms with Gasteiger partial charge in [0.1, 0.15) is 11.6 Å². The minimum Gasteiger partial charge on any atom is -0.340 e. The molecule has 0 bridgehead atoms. The van der Waals surface area contributed by atoms with Crippen molar-refractivity contribution in [2.24, 2.45) is 0 Å². The van der Waals surface area contributed by atoms with Gasteiger partial charge in [-0.3, -0.25) is 0 Å². The van der Waals surface area contributed by atoms with Crippen LogP contribution in [0.2, 0.25) is 0 Å². The number of aryl methyl sites for hydroxylation is 4. The summed E-state index contributed by atoms with van der Waals surface area (Å²) in [4.78, 5) is 8.57. The van der Waals surface area contributed by atoms with E-state index in [1.165, 1.54) is 11.1 Å². The van der Waals surface area contributed by atoms with E-state index >= 15 is 0 Å². The van der Waals surface area contributed by atoms with Gasteiger partial charge >= 0.3 is 0 Å². The molecular formula is C14H17N3. The van der Waals surface area contributed by atoms with Crippen LogP contribution in [0.3, 0.4) is 0 Å². The molecule has 1 aromatic heterocycles. The molecule has 1 aromatic carbocycles. The molecule has 0 saturated heterocycles. The third-order valence-corrected chi connectivity index (χ3v) is 2.58. The third-order valence-electron chi connectivity index (χ3n) is 2.58. The topological polar surface area (TPSA) is 37.8 Å². The number of benzene rings is 1. The molecule has 0 saturated carbocycles. The molecule has 0 fully saturated rings. The molecule has 3 heteroatoms. The SMILES string of the molecule is Cc1cc(C)cc(Nc2nc(C)ncc2C)c1. The van der Waals surface area contributed by atoms with Crippen LogP contribution < -0.4 is 5.32 Å². The van der Waals surface area contributed by atoms with E-state index in [1.54, 1.807) is 0 Å². The van der Waals surface area contributed by atoms with Gasteiger partial charge in [-0.15, -0.1) is 0 Å². The summed E-state index contributed by atoms with van der Waals surface area (Å²) in [6, 6.07) is 6.39. The van der Waals surface area contributed by atoms with Crippen LogP contribution in [0, 0.1) is 27.7 Å². The first-order chi connectivity index (χ1) is 8.04. The second kappa shape index (κ2) is 4.53. The second-order valence-corrected chi connectivity index (χ2v) is 4.45. The second-order valence-electron chi connectivity index (χ2n) is 4.45. The Morgan fingerprint density at radius 3 is 2.24 bits per heavy atom. The zero-order valence-corrected chi connectivity index (χ0v) is 10.7. The molecule has 0 unspecified atom stereocenters. The molecule has 3 nitrogen and oxygen atoms in total. The van der Waals surface area contributed by atoms with Crippen molar-refractivity contribution in [1.29, 1.82) is 0 Å². The molecular weight excluding hydrogens is 210 g/mol. The van der Waals surface area contributed by atoms with E-state index in [-0.39, 0.29) is 0 Å². The lowest BCUT2D eigenvalue weighted by atomic mass is 10.1. The molecule has 0 spiro atoms. The first-order valence-electron chi connectivity index (χ1n) is 5.70. The maximum absolute atomic E-state index is 4.41. The maximum atomic E-state index is 4.41. The van der Waals surface area contributed by atoms with Gasteiger partial charge in [0.2, 0.25) is 0 Å². The highest BCUT2D eigenvalue weighted by Crippen LogP contribution is 2.20. The normalized spacial score (nSPS) is 10.4. The zero-order chi connectivity index (χ0) is 12.4. The standard InChI is InChI=1S/C14H17N3/c1-9-5-10(2)7-13(6-9)17-14-11(3)8-15-12(4)16-14/h5-8H,1-4H3,(H,15,16,17). The molecule has 2 aromatic rings. The van der Waals surface area contributed by atoms with Crippen LogP contribution in [0.15, 0.2) is 24.4 Å². The monoisotopic (exact) mass is 227 g/mol. The van der Waals surface area contributed by atoms with Gasteiger partial charge in [-0.1, -0.05) is 6.07 Å². The number of aromatic nitrogens is 2. The Morgan fingerprint density at radius 1 is 0.941 bits per heavy atom. The third kappa shape index (κ3) is 2.81. The maximum Gasteiger partial charge on any atom is 0.136 e. The quantitative estimate of drug-likeness (QED) is 0.853. The molecule has 0 atom stereocenters. The molecule has 0 aliphatic rings. The highest BCUT2D eigenvalue weighted by Gasteiger charge is 2.02. The summed E-state index contributed by atoms with van der Waals surface area (Å²) < 4.78 is 0. The van der Waals surface area contributed by atoms with Gasteiger partial charge in [0, 0.05) is 17.4 Å². The Labute approximate surface area is 102 Å². The molecule has 2 rings (SSSR count). The molecule has 0 aliphatic heterocycles. The summed E-state index contributed by atoms with van der Waals surface area (Å²) in [6.45, 7) is 8.09. The van der Waals surface area contributed by atoms with E-state index in [9.17, 15) is 0 Å². The number of hydrogen-bond acceptors (Lipinski definition) is 3. The highest BCUT2D eigenvalue weighted by atomic mass is 15.0. The lowest BCUT2D eigenvalue weighted by Gasteiger charge is -2.10. The van der Waals surface area contributed by atoms with E-state index in [4.69, 9.17) is 0 Å². The molecule has 88 valence electrons. The summed E-state index contributed by atoms with van der Waals surface area (Å²) in [7, 11) is 0. The Balaban J connectivity index is 2.34. The fourth-order valence-corrected chi connectivity index (χ4v) is 1.84. The minimum absolute atomic E-state index is 0.780. The lowest BCUT2D eigenvalue weighted by Crippen LogP contribution is -2.00. The number of hydrogen-bond donors (Lipinski definition) is 1. The van der Waals surface area contributed by atoms with Gasteiger partial charge in [0.25, 0.3) is 0 Å². The van der Waals surface area contributed by atoms with Crippen molar-refractivity contribution in [3.05, 3.63) is 46.9 Å². The smallest absolute Gasteiger partial charge is 0.136 e. The highest BCUT2D eigenvalue weighted by molar-refractivity contribution is 5.60. The van der Waals surface area contributed by atoms with Crippen molar-refractivity contribution in [2.75, 3.05) is 5.32 Å². The van der Waals surface area contributed by atoms with Gasteiger partial charge < -0.3 is 5.32 Å². The lowest BCUT2D eigenvalue weighted by molar-refractivity contribution is 1.04. The van der Waals surface area contributed by atoms with E-state index in [1.807, 2.05) is 20.0 Å². The van der Waals surface area contributed by atoms with Gasteiger partial charge in [0.05, 0.1) is 0 Å². The van der Waals surface area contributed by atoms with Crippen molar-refractivity contribution in [1.82, 2.24) is 9.97 Å². The van der Waals surface area contributed by atoms with Gasteiger partial charge in [0.15, 0.2) is 0 Å². The summed E-state index contributed by atoms with van der Waals surface area (Å²) in [5, 5.41) is 3.34. The summed E-state index contributed by atoms with van der Waals surface area (Å²) in [6.07, 6.45) is 1.84. The summed E-state index contributed by atoms with van der Waals surface area (Å²) in [5.41, 5.74) is 4.62. The fourth-order valence-electron chi connectivity index (χ4n) is 1.84. The number of nitrogens with one attached hydrogen (secondary N) is 1. The predicted molar refractivity (Wildman–Crippen MR) is 70.7 cm³/mol. The van der Waals surface area contributed by atoms with Crippen molar-refractivity contribution in [2.45, 2.75) is 27.7 Å². The number of rotatable bonds is 2. The largest absolute Gasteiger partial charge is 0.340 e. The van der Waals surface area contributed by atoms with Crippen LogP contribution in [0.4, 0.5) is 11.5 Å². The van der Waals surface area contributed by atoms with Crippen LogP contribution >= 0.6 is 0 Å². The van der Waals surface area contributed by atoms with Crippen LogP contribution in [0.1, 0.15) is 22.5 Å². The van der Waals surface area contributed by atoms with E-state index in [2.05, 4.69) is 47.3 Å². The van der Waals surface area contributed by atoms with Crippen LogP contribution in [-0.4, -0.2) is 9.97 Å². The van der Waals surface area contributed by atoms with Crippen molar-refractivity contribution < 1.29 is 0 Å². The van der Waals surface area contributed by atoms with Crippen LogP contribution in [-0.2, 0) is 0 Å². The average Bonchev–Trinajstić information content (AvgIpc) is 2.22. The predicted octanol–water partition coefficient (Wildman–Crippen LogP) is 3.45. The number of nitrogens with zero attached hydrogens (tertiary/aromatic N) is 2. The van der Waals surface area contributed by atoms with Crippen LogP contribution in [0.5, 0.6) is 0 Å². The Morgan fingerprint density at radius 2 is 1.59 bits per heavy atom. The van der Waals surface area contributed by atoms with Gasteiger partial charge in [-0.25, -0.2) is 9.97 Å². The Hall–Kier alpha value is -1.90. The van der Waals surface area contributed by atoms with Crippen molar-refractivity contribution in [3.63, 3.8) is 0 Å². The summed E-state index contributed by atoms with van der Waals surface area (Å²) in [5.74, 6) is 1.66. The number of anilines is 2. The first kappa shape index (κ1) is 11.6. The minimum atomic E-state index is 0.780.